The normalized spacial score (nSPS) is 11.2. The highest BCUT2D eigenvalue weighted by atomic mass is 19.1. The van der Waals surface area contributed by atoms with Crippen LogP contribution in [0.15, 0.2) is 59.2 Å². The van der Waals surface area contributed by atoms with Crippen LogP contribution in [0.2, 0.25) is 0 Å². The van der Waals surface area contributed by atoms with Gasteiger partial charge in [0.15, 0.2) is 5.69 Å². The van der Waals surface area contributed by atoms with Gasteiger partial charge in [0, 0.05) is 10.9 Å². The molecule has 0 spiro atoms. The van der Waals surface area contributed by atoms with Crippen LogP contribution >= 0.6 is 0 Å². The fraction of sp³-hybridized carbons (Fsp3) is 0.158. The lowest BCUT2D eigenvalue weighted by Crippen LogP contribution is -2.03. The molecule has 4 rings (SSSR count). The predicted octanol–water partition coefficient (Wildman–Crippen LogP) is 4.44. The van der Waals surface area contributed by atoms with Crippen LogP contribution in [0.5, 0.6) is 0 Å². The van der Waals surface area contributed by atoms with Crippen molar-refractivity contribution in [1.29, 1.82) is 0 Å². The van der Waals surface area contributed by atoms with Crippen molar-refractivity contribution in [2.24, 2.45) is 0 Å². The van der Waals surface area contributed by atoms with Crippen LogP contribution in [0.3, 0.4) is 0 Å². The minimum absolute atomic E-state index is 0.233. The van der Waals surface area contributed by atoms with E-state index in [-0.39, 0.29) is 5.82 Å². The average Bonchev–Trinajstić information content (AvgIpc) is 3.22. The van der Waals surface area contributed by atoms with Gasteiger partial charge < -0.3 is 4.42 Å². The molecule has 2 aromatic carbocycles. The first-order chi connectivity index (χ1) is 11.8. The molecule has 0 fully saturated rings. The van der Waals surface area contributed by atoms with Gasteiger partial charge in [0.2, 0.25) is 5.89 Å². The van der Waals surface area contributed by atoms with Gasteiger partial charge in [0.25, 0.3) is 0 Å². The van der Waals surface area contributed by atoms with Crippen molar-refractivity contribution in [2.45, 2.75) is 19.9 Å². The van der Waals surface area contributed by atoms with E-state index in [0.717, 1.165) is 23.0 Å². The zero-order valence-corrected chi connectivity index (χ0v) is 13.2. The van der Waals surface area contributed by atoms with E-state index in [1.165, 1.54) is 6.07 Å². The van der Waals surface area contributed by atoms with Gasteiger partial charge in [-0.3, -0.25) is 4.68 Å². The number of hydrogen-bond acceptors (Lipinski definition) is 3. The molecular formula is C19H16FN3O. The second-order valence-corrected chi connectivity index (χ2v) is 5.61. The molecule has 5 heteroatoms. The summed E-state index contributed by atoms with van der Waals surface area (Å²) in [6.07, 6.45) is 2.46. The number of rotatable bonds is 4. The van der Waals surface area contributed by atoms with E-state index in [1.54, 1.807) is 23.1 Å². The summed E-state index contributed by atoms with van der Waals surface area (Å²) in [5.41, 5.74) is 3.09. The molecule has 0 unspecified atom stereocenters. The second-order valence-electron chi connectivity index (χ2n) is 5.61. The molecule has 0 N–H and O–H groups in total. The summed E-state index contributed by atoms with van der Waals surface area (Å²) in [5, 5.41) is 5.58. The minimum atomic E-state index is -0.233. The van der Waals surface area contributed by atoms with Crippen LogP contribution < -0.4 is 0 Å². The Hall–Kier alpha value is -2.95. The van der Waals surface area contributed by atoms with E-state index >= 15 is 0 Å². The van der Waals surface area contributed by atoms with Crippen molar-refractivity contribution in [1.82, 2.24) is 14.8 Å². The quantitative estimate of drug-likeness (QED) is 0.558. The zero-order chi connectivity index (χ0) is 16.5. The topological polar surface area (TPSA) is 43.9 Å². The Morgan fingerprint density at radius 3 is 2.67 bits per heavy atom. The monoisotopic (exact) mass is 321 g/mol. The van der Waals surface area contributed by atoms with Gasteiger partial charge in [-0.15, -0.1) is 0 Å². The number of halogens is 1. The number of aryl methyl sites for hydroxylation is 1. The second kappa shape index (κ2) is 5.92. The number of oxazole rings is 1. The van der Waals surface area contributed by atoms with Crippen LogP contribution in [0, 0.1) is 5.82 Å². The fourth-order valence-corrected chi connectivity index (χ4v) is 2.77. The number of hydrogen-bond donors (Lipinski definition) is 0. The Labute approximate surface area is 138 Å². The van der Waals surface area contributed by atoms with Crippen LogP contribution in [0.1, 0.15) is 18.2 Å². The van der Waals surface area contributed by atoms with Gasteiger partial charge in [-0.2, -0.15) is 5.10 Å². The minimum Gasteiger partial charge on any atom is -0.443 e. The largest absolute Gasteiger partial charge is 0.443 e. The molecule has 0 aliphatic carbocycles. The van der Waals surface area contributed by atoms with Crippen molar-refractivity contribution in [3.8, 4) is 11.6 Å². The number of para-hydroxylation sites is 1. The third-order valence-electron chi connectivity index (χ3n) is 4.05. The van der Waals surface area contributed by atoms with Crippen molar-refractivity contribution >= 4 is 10.9 Å². The standard InChI is InChI=1S/C19H16FN3O/c1-2-14-12-24-19(21-14)18-15-8-4-6-10-17(15)23(22-18)11-13-7-3-5-9-16(13)20/h3-10,12H,2,11H2,1H3. The Morgan fingerprint density at radius 1 is 1.08 bits per heavy atom. The third kappa shape index (κ3) is 2.48. The molecule has 2 heterocycles. The Bertz CT molecular complexity index is 1000. The average molecular weight is 321 g/mol. The van der Waals surface area contributed by atoms with Crippen LogP contribution in [0.25, 0.3) is 22.5 Å². The van der Waals surface area contributed by atoms with E-state index in [1.807, 2.05) is 37.3 Å². The summed E-state index contributed by atoms with van der Waals surface area (Å²) >= 11 is 0. The lowest BCUT2D eigenvalue weighted by atomic mass is 10.2. The molecule has 2 aromatic heterocycles. The third-order valence-corrected chi connectivity index (χ3v) is 4.05. The highest BCUT2D eigenvalue weighted by Gasteiger charge is 2.17. The number of nitrogens with zero attached hydrogens (tertiary/aromatic N) is 3. The molecule has 0 radical (unpaired) electrons. The van der Waals surface area contributed by atoms with Crippen LogP contribution in [0.4, 0.5) is 4.39 Å². The van der Waals surface area contributed by atoms with Crippen molar-refractivity contribution in [3.05, 3.63) is 71.9 Å². The number of aromatic nitrogens is 3. The van der Waals surface area contributed by atoms with E-state index in [4.69, 9.17) is 4.42 Å². The number of benzene rings is 2. The smallest absolute Gasteiger partial charge is 0.247 e. The molecular weight excluding hydrogens is 305 g/mol. The van der Waals surface area contributed by atoms with Gasteiger partial charge >= 0.3 is 0 Å². The molecule has 0 amide bonds. The molecule has 4 nitrogen and oxygen atoms in total. The van der Waals surface area contributed by atoms with Gasteiger partial charge in [-0.25, -0.2) is 9.37 Å². The molecule has 0 saturated carbocycles. The molecule has 4 aromatic rings. The maximum atomic E-state index is 14.0. The molecule has 0 saturated heterocycles. The Morgan fingerprint density at radius 2 is 1.88 bits per heavy atom. The predicted molar refractivity (Wildman–Crippen MR) is 90.1 cm³/mol. The van der Waals surface area contributed by atoms with Crippen molar-refractivity contribution < 1.29 is 8.81 Å². The van der Waals surface area contributed by atoms with Crippen molar-refractivity contribution in [2.75, 3.05) is 0 Å². The van der Waals surface area contributed by atoms with E-state index in [0.29, 0.717) is 23.7 Å². The zero-order valence-electron chi connectivity index (χ0n) is 13.2. The van der Waals surface area contributed by atoms with Gasteiger partial charge in [-0.05, 0) is 18.6 Å². The molecule has 0 aliphatic rings. The first-order valence-corrected chi connectivity index (χ1v) is 7.90. The molecule has 0 aliphatic heterocycles. The summed E-state index contributed by atoms with van der Waals surface area (Å²) in [6, 6.07) is 14.6. The summed E-state index contributed by atoms with van der Waals surface area (Å²) in [5.74, 6) is 0.262. The van der Waals surface area contributed by atoms with Crippen molar-refractivity contribution in [3.63, 3.8) is 0 Å². The summed E-state index contributed by atoms with van der Waals surface area (Å²) in [4.78, 5) is 4.47. The highest BCUT2D eigenvalue weighted by Crippen LogP contribution is 2.28. The van der Waals surface area contributed by atoms with E-state index in [9.17, 15) is 4.39 Å². The number of fused-ring (bicyclic) bond motifs is 1. The Kier molecular flexibility index (Phi) is 3.61. The van der Waals surface area contributed by atoms with Gasteiger partial charge in [0.05, 0.1) is 17.8 Å². The lowest BCUT2D eigenvalue weighted by molar-refractivity contribution is 0.565. The molecule has 24 heavy (non-hydrogen) atoms. The lowest BCUT2D eigenvalue weighted by Gasteiger charge is -2.04. The molecule has 0 bridgehead atoms. The summed E-state index contributed by atoms with van der Waals surface area (Å²) in [7, 11) is 0. The van der Waals surface area contributed by atoms with Gasteiger partial charge in [0.1, 0.15) is 12.1 Å². The SMILES string of the molecule is CCc1coc(-c2nn(Cc3ccccc3F)c3ccccc23)n1. The highest BCUT2D eigenvalue weighted by molar-refractivity contribution is 5.91. The first-order valence-electron chi connectivity index (χ1n) is 7.90. The summed E-state index contributed by atoms with van der Waals surface area (Å²) < 4.78 is 21.3. The van der Waals surface area contributed by atoms with Crippen LogP contribution in [-0.4, -0.2) is 14.8 Å². The maximum Gasteiger partial charge on any atom is 0.247 e. The fourth-order valence-electron chi connectivity index (χ4n) is 2.77. The molecule has 120 valence electrons. The summed E-state index contributed by atoms with van der Waals surface area (Å²) in [6.45, 7) is 2.38. The van der Waals surface area contributed by atoms with Gasteiger partial charge in [-0.1, -0.05) is 43.3 Å². The first kappa shape index (κ1) is 14.6. The van der Waals surface area contributed by atoms with E-state index < -0.39 is 0 Å². The van der Waals surface area contributed by atoms with Crippen LogP contribution in [-0.2, 0) is 13.0 Å². The maximum absolute atomic E-state index is 14.0. The molecule has 0 atom stereocenters. The van der Waals surface area contributed by atoms with E-state index in [2.05, 4.69) is 10.1 Å². The Balaban J connectivity index is 1.83.